The van der Waals surface area contributed by atoms with Gasteiger partial charge in [0.15, 0.2) is 6.10 Å². The first-order valence-electron chi connectivity index (χ1n) is 26.2. The molecule has 0 aliphatic carbocycles. The Balaban J connectivity index is 3.68. The third kappa shape index (κ3) is 52.5. The molecule has 366 valence electrons. The summed E-state index contributed by atoms with van der Waals surface area (Å²) >= 11 is 0. The maximum atomic E-state index is 12.3. The van der Waals surface area contributed by atoms with Gasteiger partial charge in [0.2, 0.25) is 0 Å². The minimum atomic E-state index is -0.798. The van der Waals surface area contributed by atoms with E-state index in [0.29, 0.717) is 12.8 Å². The van der Waals surface area contributed by atoms with E-state index in [1.807, 2.05) is 0 Å². The van der Waals surface area contributed by atoms with Crippen LogP contribution in [0.15, 0.2) is 134 Å². The predicted molar refractivity (Wildman–Crippen MR) is 283 cm³/mol. The SMILES string of the molecule is CC/C=C\C/C=C\C/C=C\C/C=C\C/C=C\C/C=C\C/C=C\C/C=C\C/C=C\C/C=C\CCCCCCC(=O)OC(CO)COC(=O)CCCCCCC/C=C\CCCCCCCCC. The van der Waals surface area contributed by atoms with Crippen LogP contribution in [0.2, 0.25) is 0 Å². The van der Waals surface area contributed by atoms with Gasteiger partial charge in [-0.05, 0) is 116 Å². The van der Waals surface area contributed by atoms with E-state index in [1.54, 1.807) is 0 Å². The molecule has 0 radical (unpaired) electrons. The highest BCUT2D eigenvalue weighted by atomic mass is 16.6. The maximum absolute atomic E-state index is 12.3. The molecule has 0 aromatic heterocycles. The van der Waals surface area contributed by atoms with Gasteiger partial charge in [-0.15, -0.1) is 0 Å². The summed E-state index contributed by atoms with van der Waals surface area (Å²) in [5, 5.41) is 9.62. The van der Waals surface area contributed by atoms with Crippen LogP contribution in [0.5, 0.6) is 0 Å². The normalized spacial score (nSPS) is 13.3. The molecule has 0 rings (SSSR count). The van der Waals surface area contributed by atoms with E-state index in [1.165, 1.54) is 64.2 Å². The number of carbonyl (C=O) groups is 2. The lowest BCUT2D eigenvalue weighted by Gasteiger charge is -2.15. The summed E-state index contributed by atoms with van der Waals surface area (Å²) in [6.07, 6.45) is 81.1. The Morgan fingerprint density at radius 3 is 1.02 bits per heavy atom. The van der Waals surface area contributed by atoms with Crippen LogP contribution >= 0.6 is 0 Å². The van der Waals surface area contributed by atoms with Gasteiger partial charge in [-0.1, -0.05) is 218 Å². The molecule has 1 atom stereocenters. The Hall–Kier alpha value is -3.96. The van der Waals surface area contributed by atoms with Crippen LogP contribution in [0.25, 0.3) is 0 Å². The van der Waals surface area contributed by atoms with E-state index in [4.69, 9.17) is 9.47 Å². The van der Waals surface area contributed by atoms with Crippen molar-refractivity contribution in [1.82, 2.24) is 0 Å². The molecule has 65 heavy (non-hydrogen) atoms. The Kier molecular flexibility index (Phi) is 51.1. The summed E-state index contributed by atoms with van der Waals surface area (Å²) < 4.78 is 10.6. The Labute approximate surface area is 400 Å². The molecule has 0 aliphatic heterocycles. The van der Waals surface area contributed by atoms with Crippen LogP contribution in [0, 0.1) is 0 Å². The fraction of sp³-hybridized carbons (Fsp3) is 0.600. The van der Waals surface area contributed by atoms with Crippen molar-refractivity contribution in [2.45, 2.75) is 219 Å². The minimum absolute atomic E-state index is 0.0884. The van der Waals surface area contributed by atoms with Gasteiger partial charge in [0, 0.05) is 12.8 Å². The van der Waals surface area contributed by atoms with Gasteiger partial charge < -0.3 is 14.6 Å². The summed E-state index contributed by atoms with van der Waals surface area (Å²) in [7, 11) is 0. The molecule has 5 nitrogen and oxygen atoms in total. The van der Waals surface area contributed by atoms with Crippen LogP contribution < -0.4 is 0 Å². The number of aliphatic hydroxyl groups excluding tert-OH is 1. The lowest BCUT2D eigenvalue weighted by molar-refractivity contribution is -0.161. The topological polar surface area (TPSA) is 72.8 Å². The smallest absolute Gasteiger partial charge is 0.306 e. The fourth-order valence-electron chi connectivity index (χ4n) is 6.75. The van der Waals surface area contributed by atoms with Gasteiger partial charge in [0.1, 0.15) is 6.61 Å². The summed E-state index contributed by atoms with van der Waals surface area (Å²) in [6.45, 7) is 3.99. The highest BCUT2D eigenvalue weighted by Gasteiger charge is 2.16. The molecule has 0 aromatic rings. The Bertz CT molecular complexity index is 1380. The summed E-state index contributed by atoms with van der Waals surface area (Å²) in [5.41, 5.74) is 0. The number of rotatable bonds is 46. The number of hydrogen-bond acceptors (Lipinski definition) is 5. The van der Waals surface area contributed by atoms with E-state index in [0.717, 1.165) is 122 Å². The Morgan fingerprint density at radius 1 is 0.369 bits per heavy atom. The molecule has 0 aromatic carbocycles. The highest BCUT2D eigenvalue weighted by Crippen LogP contribution is 2.12. The van der Waals surface area contributed by atoms with E-state index in [9.17, 15) is 14.7 Å². The molecule has 0 fully saturated rings. The molecule has 0 aliphatic rings. The second-order valence-corrected chi connectivity index (χ2v) is 16.9. The van der Waals surface area contributed by atoms with Gasteiger partial charge in [-0.3, -0.25) is 9.59 Å². The average molecular weight is 897 g/mol. The summed E-state index contributed by atoms with van der Waals surface area (Å²) in [5.74, 6) is -0.638. The first kappa shape index (κ1) is 61.0. The number of carbonyl (C=O) groups excluding carboxylic acids is 2. The van der Waals surface area contributed by atoms with Crippen molar-refractivity contribution in [2.75, 3.05) is 13.2 Å². The zero-order valence-electron chi connectivity index (χ0n) is 41.7. The maximum Gasteiger partial charge on any atom is 0.306 e. The van der Waals surface area contributed by atoms with Crippen molar-refractivity contribution in [2.24, 2.45) is 0 Å². The second kappa shape index (κ2) is 54.4. The quantitative estimate of drug-likeness (QED) is 0.0374. The van der Waals surface area contributed by atoms with Crippen molar-refractivity contribution >= 4 is 11.9 Å². The molecule has 1 N–H and O–H groups in total. The molecule has 5 heteroatoms. The predicted octanol–water partition coefficient (Wildman–Crippen LogP) is 17.7. The average Bonchev–Trinajstić information content (AvgIpc) is 3.31. The third-order valence-corrected chi connectivity index (χ3v) is 10.7. The molecule has 0 saturated carbocycles. The van der Waals surface area contributed by atoms with Crippen LogP contribution in [0.3, 0.4) is 0 Å². The van der Waals surface area contributed by atoms with Crippen LogP contribution in [-0.2, 0) is 19.1 Å². The summed E-state index contributed by atoms with van der Waals surface area (Å²) in [6, 6.07) is 0. The first-order chi connectivity index (χ1) is 32.1. The molecular weight excluding hydrogens is 801 g/mol. The number of hydrogen-bond donors (Lipinski definition) is 1. The van der Waals surface area contributed by atoms with Crippen molar-refractivity contribution in [3.8, 4) is 0 Å². The number of esters is 2. The second-order valence-electron chi connectivity index (χ2n) is 16.9. The molecule has 0 heterocycles. The zero-order valence-corrected chi connectivity index (χ0v) is 41.7. The number of aliphatic hydroxyl groups is 1. The van der Waals surface area contributed by atoms with Gasteiger partial charge in [-0.2, -0.15) is 0 Å². The van der Waals surface area contributed by atoms with Gasteiger partial charge in [0.25, 0.3) is 0 Å². The summed E-state index contributed by atoms with van der Waals surface area (Å²) in [4.78, 5) is 24.4. The highest BCUT2D eigenvalue weighted by molar-refractivity contribution is 5.70. The van der Waals surface area contributed by atoms with Gasteiger partial charge in [-0.25, -0.2) is 0 Å². The standard InChI is InChI=1S/C60H96O5/c1-3-5-7-9-11-13-15-17-19-21-22-23-24-25-26-27-28-29-30-31-32-33-34-35-36-37-38-39-41-43-45-47-49-51-53-55-60(63)65-58(56-61)57-64-59(62)54-52-50-48-46-44-42-40-20-18-16-14-12-10-8-6-4-2/h5,7,11,13,17,19-20,22-23,25-26,28-29,31-32,34-35,37-38,40-41,43,58,61H,3-4,6,8-10,12,14-16,18,21,24,27,30,33,36,39,42,44-57H2,1-2H3/b7-5-,13-11-,19-17-,23-22-,26-25-,29-28-,32-31-,35-34-,38-37-,40-20-,43-41-. The van der Waals surface area contributed by atoms with E-state index in [-0.39, 0.29) is 25.2 Å². The van der Waals surface area contributed by atoms with Crippen molar-refractivity contribution < 1.29 is 24.2 Å². The molecule has 1 unspecified atom stereocenters. The third-order valence-electron chi connectivity index (χ3n) is 10.7. The van der Waals surface area contributed by atoms with Crippen LogP contribution in [0.4, 0.5) is 0 Å². The molecular formula is C60H96O5. The van der Waals surface area contributed by atoms with Crippen molar-refractivity contribution in [1.29, 1.82) is 0 Å². The Morgan fingerprint density at radius 2 is 0.662 bits per heavy atom. The van der Waals surface area contributed by atoms with E-state index in [2.05, 4.69) is 148 Å². The first-order valence-corrected chi connectivity index (χ1v) is 26.2. The van der Waals surface area contributed by atoms with Gasteiger partial charge in [0.05, 0.1) is 6.61 Å². The van der Waals surface area contributed by atoms with E-state index < -0.39 is 6.10 Å². The van der Waals surface area contributed by atoms with Crippen molar-refractivity contribution in [3.63, 3.8) is 0 Å². The molecule has 0 amide bonds. The monoisotopic (exact) mass is 897 g/mol. The number of allylic oxidation sites excluding steroid dienone is 22. The van der Waals surface area contributed by atoms with Gasteiger partial charge >= 0.3 is 11.9 Å². The molecule has 0 bridgehead atoms. The van der Waals surface area contributed by atoms with Crippen LogP contribution in [-0.4, -0.2) is 36.4 Å². The minimum Gasteiger partial charge on any atom is -0.462 e. The zero-order chi connectivity index (χ0) is 47.0. The van der Waals surface area contributed by atoms with Crippen molar-refractivity contribution in [3.05, 3.63) is 134 Å². The molecule has 0 spiro atoms. The van der Waals surface area contributed by atoms with E-state index >= 15 is 0 Å². The lowest BCUT2D eigenvalue weighted by atomic mass is 10.1. The molecule has 0 saturated heterocycles. The lowest BCUT2D eigenvalue weighted by Crippen LogP contribution is -2.28. The fourth-order valence-corrected chi connectivity index (χ4v) is 6.75. The largest absolute Gasteiger partial charge is 0.462 e. The number of unbranched alkanes of at least 4 members (excludes halogenated alkanes) is 16. The van der Waals surface area contributed by atoms with Crippen LogP contribution in [0.1, 0.15) is 213 Å². The number of ether oxygens (including phenoxy) is 2.